The highest BCUT2D eigenvalue weighted by atomic mass is 16.4. The third-order valence-corrected chi connectivity index (χ3v) is 5.56. The molecule has 3 fully saturated rings. The van der Waals surface area contributed by atoms with Gasteiger partial charge in [-0.15, -0.1) is 0 Å². The predicted octanol–water partition coefficient (Wildman–Crippen LogP) is -0.563. The Hall–Kier alpha value is -1.22. The Kier molecular flexibility index (Phi) is 5.70. The molecule has 1 amide bonds. The van der Waals surface area contributed by atoms with E-state index in [0.29, 0.717) is 12.3 Å². The molecule has 2 saturated heterocycles. The maximum absolute atomic E-state index is 12.5. The average Bonchev–Trinajstić information content (AvgIpc) is 3.11. The summed E-state index contributed by atoms with van der Waals surface area (Å²) < 4.78 is 0. The SMILES string of the molecule is CC1CCC(NC(=O)C2CCC(N3CCNC3)NN2)C(C(=O)O)C1. The van der Waals surface area contributed by atoms with E-state index in [-0.39, 0.29) is 24.2 Å². The Balaban J connectivity index is 1.49. The van der Waals surface area contributed by atoms with Crippen LogP contribution >= 0.6 is 0 Å². The van der Waals surface area contributed by atoms with Crippen molar-refractivity contribution in [3.8, 4) is 0 Å². The number of aliphatic carboxylic acids is 1. The fourth-order valence-electron chi connectivity index (χ4n) is 4.04. The number of hydrogen-bond acceptors (Lipinski definition) is 6. The number of amides is 1. The molecule has 5 N–H and O–H groups in total. The van der Waals surface area contributed by atoms with Crippen molar-refractivity contribution in [1.82, 2.24) is 26.4 Å². The number of hydrazine groups is 1. The van der Waals surface area contributed by atoms with Gasteiger partial charge in [0.2, 0.25) is 5.91 Å². The normalized spacial score (nSPS) is 38.0. The van der Waals surface area contributed by atoms with Gasteiger partial charge in [-0.1, -0.05) is 6.92 Å². The molecule has 5 atom stereocenters. The van der Waals surface area contributed by atoms with Gasteiger partial charge in [-0.25, -0.2) is 10.9 Å². The Morgan fingerprint density at radius 2 is 2.00 bits per heavy atom. The van der Waals surface area contributed by atoms with Crippen LogP contribution in [0.25, 0.3) is 0 Å². The molecule has 0 bridgehead atoms. The smallest absolute Gasteiger partial charge is 0.308 e. The molecule has 8 nitrogen and oxygen atoms in total. The van der Waals surface area contributed by atoms with E-state index in [4.69, 9.17) is 0 Å². The number of nitrogens with zero attached hydrogens (tertiary/aromatic N) is 1. The molecule has 8 heteroatoms. The van der Waals surface area contributed by atoms with Gasteiger partial charge < -0.3 is 15.7 Å². The second-order valence-electron chi connectivity index (χ2n) is 7.38. The van der Waals surface area contributed by atoms with E-state index in [1.54, 1.807) is 0 Å². The molecular weight excluding hydrogens is 310 g/mol. The fourth-order valence-corrected chi connectivity index (χ4v) is 4.04. The summed E-state index contributed by atoms with van der Waals surface area (Å²) in [6, 6.07) is -0.556. The quantitative estimate of drug-likeness (QED) is 0.467. The van der Waals surface area contributed by atoms with Gasteiger partial charge in [-0.2, -0.15) is 0 Å². The average molecular weight is 339 g/mol. The van der Waals surface area contributed by atoms with E-state index in [1.165, 1.54) is 0 Å². The minimum atomic E-state index is -0.803. The van der Waals surface area contributed by atoms with Gasteiger partial charge in [0.1, 0.15) is 6.04 Å². The Morgan fingerprint density at radius 1 is 1.17 bits per heavy atom. The highest BCUT2D eigenvalue weighted by molar-refractivity contribution is 5.83. The van der Waals surface area contributed by atoms with Crippen LogP contribution in [0.5, 0.6) is 0 Å². The maximum Gasteiger partial charge on any atom is 0.308 e. The Bertz CT molecular complexity index is 461. The first-order valence-electron chi connectivity index (χ1n) is 9.03. The maximum atomic E-state index is 12.5. The highest BCUT2D eigenvalue weighted by Crippen LogP contribution is 2.29. The van der Waals surface area contributed by atoms with Crippen molar-refractivity contribution in [2.45, 2.75) is 57.3 Å². The lowest BCUT2D eigenvalue weighted by molar-refractivity contribution is -0.145. The number of carbonyl (C=O) groups excluding carboxylic acids is 1. The van der Waals surface area contributed by atoms with E-state index < -0.39 is 11.9 Å². The molecule has 2 heterocycles. The van der Waals surface area contributed by atoms with Gasteiger partial charge in [-0.05, 0) is 38.0 Å². The topological polar surface area (TPSA) is 106 Å². The summed E-state index contributed by atoms with van der Waals surface area (Å²) in [4.78, 5) is 26.3. The number of rotatable bonds is 4. The van der Waals surface area contributed by atoms with Crippen molar-refractivity contribution in [3.63, 3.8) is 0 Å². The van der Waals surface area contributed by atoms with Crippen LogP contribution in [-0.4, -0.2) is 59.9 Å². The number of carbonyl (C=O) groups is 2. The van der Waals surface area contributed by atoms with E-state index >= 15 is 0 Å². The van der Waals surface area contributed by atoms with Crippen LogP contribution in [0.1, 0.15) is 39.0 Å². The van der Waals surface area contributed by atoms with Crippen LogP contribution < -0.4 is 21.5 Å². The zero-order valence-electron chi connectivity index (χ0n) is 14.3. The largest absolute Gasteiger partial charge is 0.481 e. The van der Waals surface area contributed by atoms with Gasteiger partial charge in [0.25, 0.3) is 0 Å². The number of carboxylic acid groups (broad SMARTS) is 1. The van der Waals surface area contributed by atoms with Crippen LogP contribution in [-0.2, 0) is 9.59 Å². The van der Waals surface area contributed by atoms with Crippen molar-refractivity contribution in [2.75, 3.05) is 19.8 Å². The minimum Gasteiger partial charge on any atom is -0.481 e. The molecule has 0 aromatic rings. The van der Waals surface area contributed by atoms with Gasteiger partial charge in [-0.3, -0.25) is 14.5 Å². The predicted molar refractivity (Wildman–Crippen MR) is 88.7 cm³/mol. The van der Waals surface area contributed by atoms with Crippen LogP contribution in [0.3, 0.4) is 0 Å². The molecule has 1 saturated carbocycles. The summed E-state index contributed by atoms with van der Waals surface area (Å²) in [5, 5.41) is 15.7. The van der Waals surface area contributed by atoms with Gasteiger partial charge in [0, 0.05) is 25.8 Å². The summed E-state index contributed by atoms with van der Waals surface area (Å²) in [7, 11) is 0. The third-order valence-electron chi connectivity index (χ3n) is 5.56. The third kappa shape index (κ3) is 4.05. The molecule has 1 aliphatic carbocycles. The summed E-state index contributed by atoms with van der Waals surface area (Å²) in [5.41, 5.74) is 6.34. The summed E-state index contributed by atoms with van der Waals surface area (Å²) in [6.07, 6.45) is 4.24. The molecule has 136 valence electrons. The molecule has 3 rings (SSSR count). The van der Waals surface area contributed by atoms with E-state index in [2.05, 4.69) is 33.3 Å². The first-order valence-corrected chi connectivity index (χ1v) is 9.03. The first-order chi connectivity index (χ1) is 11.5. The van der Waals surface area contributed by atoms with Gasteiger partial charge >= 0.3 is 5.97 Å². The fraction of sp³-hybridized carbons (Fsp3) is 0.875. The lowest BCUT2D eigenvalue weighted by Crippen LogP contribution is -2.62. The van der Waals surface area contributed by atoms with Gasteiger partial charge in [0.15, 0.2) is 0 Å². The van der Waals surface area contributed by atoms with Crippen LogP contribution in [0.15, 0.2) is 0 Å². The van der Waals surface area contributed by atoms with Crippen LogP contribution in [0.4, 0.5) is 0 Å². The van der Waals surface area contributed by atoms with Crippen molar-refractivity contribution in [1.29, 1.82) is 0 Å². The zero-order valence-corrected chi connectivity index (χ0v) is 14.3. The lowest BCUT2D eigenvalue weighted by atomic mass is 9.78. The molecule has 5 unspecified atom stereocenters. The molecule has 0 radical (unpaired) electrons. The number of carboxylic acids is 1. The molecule has 24 heavy (non-hydrogen) atoms. The van der Waals surface area contributed by atoms with Crippen LogP contribution in [0, 0.1) is 11.8 Å². The summed E-state index contributed by atoms with van der Waals surface area (Å²) >= 11 is 0. The second-order valence-corrected chi connectivity index (χ2v) is 7.38. The standard InChI is InChI=1S/C16H29N5O3/c1-10-2-3-12(11(8-10)16(23)24)18-15(22)13-4-5-14(20-19-13)21-7-6-17-9-21/h10-14,17,19-20H,2-9H2,1H3,(H,18,22)(H,23,24). The summed E-state index contributed by atoms with van der Waals surface area (Å²) in [5.74, 6) is -0.962. The molecule has 0 aromatic heterocycles. The molecule has 2 aliphatic heterocycles. The van der Waals surface area contributed by atoms with Crippen molar-refractivity contribution in [3.05, 3.63) is 0 Å². The lowest BCUT2D eigenvalue weighted by Gasteiger charge is -2.37. The van der Waals surface area contributed by atoms with Crippen LogP contribution in [0.2, 0.25) is 0 Å². The second kappa shape index (κ2) is 7.77. The summed E-state index contributed by atoms with van der Waals surface area (Å²) in [6.45, 7) is 4.96. The number of nitrogens with one attached hydrogen (secondary N) is 4. The van der Waals surface area contributed by atoms with Crippen molar-refractivity contribution >= 4 is 11.9 Å². The minimum absolute atomic E-state index is 0.0914. The number of hydrogen-bond donors (Lipinski definition) is 5. The van der Waals surface area contributed by atoms with E-state index in [0.717, 1.165) is 45.4 Å². The highest BCUT2D eigenvalue weighted by Gasteiger charge is 2.37. The Morgan fingerprint density at radius 3 is 2.62 bits per heavy atom. The van der Waals surface area contributed by atoms with Crippen molar-refractivity contribution in [2.24, 2.45) is 11.8 Å². The molecular formula is C16H29N5O3. The first kappa shape index (κ1) is 17.6. The monoisotopic (exact) mass is 339 g/mol. The molecule has 0 spiro atoms. The van der Waals surface area contributed by atoms with Gasteiger partial charge in [0.05, 0.1) is 12.1 Å². The Labute approximate surface area is 142 Å². The zero-order chi connectivity index (χ0) is 17.1. The van der Waals surface area contributed by atoms with Crippen molar-refractivity contribution < 1.29 is 14.7 Å². The van der Waals surface area contributed by atoms with E-state index in [9.17, 15) is 14.7 Å². The van der Waals surface area contributed by atoms with E-state index in [1.807, 2.05) is 0 Å². The molecule has 3 aliphatic rings. The molecule has 0 aromatic carbocycles.